The molecule has 3 spiro atoms. The number of nitrogens with one attached hydrogen (secondary N) is 1. The van der Waals surface area contributed by atoms with Crippen LogP contribution in [0.4, 0.5) is 9.59 Å². The Hall–Kier alpha value is -3.26. The van der Waals surface area contributed by atoms with Crippen LogP contribution in [-0.2, 0) is 54.3 Å². The summed E-state index contributed by atoms with van der Waals surface area (Å²) in [7, 11) is 0. The summed E-state index contributed by atoms with van der Waals surface area (Å²) in [6.45, 7) is 26.9. The summed E-state index contributed by atoms with van der Waals surface area (Å²) in [5.74, 6) is -0.0369. The second-order valence-electron chi connectivity index (χ2n) is 24.8. The molecular weight excluding hydrogens is 1340 g/mol. The highest BCUT2D eigenvalue weighted by molar-refractivity contribution is 14.1. The normalized spacial score (nSPS) is 21.5. The standard InChI is InChI=1S/C23H32BrNO4.C22H30BrNO4.C18H24BrNO2.CH3I/c1-6-28-20(26)15(2)17-14-23(19-16(17)8-7-9-18(19)24)10-12-25(13-11-23)21(27)29-22(3,4)5;1-5-27-18(25)13-15-14-22(19-16(15)7-6-8-17(19)23)9-11-24(12-10-22)20(26)28-21(2,3)4;1-3-22-17(21)12(2)14-11-18(7-9-20-10-8-18)16-13(14)5-4-6-15(16)19;1-2/h7-9,15,17H,6,10-14H2,1-5H3;6-8,15H,5,9-14H2,1-4H3;4-6,12,14,20H,3,7-11H2,1-2H3;1H3. The fraction of sp³-hybridized carbons (Fsp3) is 0.641. The number of carbonyl (C=O) groups excluding carboxylic acids is 5. The third-order valence-electron chi connectivity index (χ3n) is 17.4. The smallest absolute Gasteiger partial charge is 0.410 e. The first-order valence-electron chi connectivity index (χ1n) is 29.2. The third kappa shape index (κ3) is 15.8. The number of carbonyl (C=O) groups is 5. The number of hydrogen-bond donors (Lipinski definition) is 1. The zero-order valence-corrected chi connectivity index (χ0v) is 56.9. The lowest BCUT2D eigenvalue weighted by molar-refractivity contribution is -0.149. The second kappa shape index (κ2) is 28.8. The highest BCUT2D eigenvalue weighted by Crippen LogP contribution is 2.58. The van der Waals surface area contributed by atoms with Crippen molar-refractivity contribution in [2.24, 2.45) is 11.8 Å². The maximum absolute atomic E-state index is 12.5. The minimum absolute atomic E-state index is 0.00883. The average molecular weight is 1430 g/mol. The molecule has 3 saturated heterocycles. The maximum Gasteiger partial charge on any atom is 0.410 e. The molecule has 17 heteroatoms. The molecule has 13 nitrogen and oxygen atoms in total. The molecule has 1 N–H and O–H groups in total. The molecule has 6 aliphatic rings. The Labute approximate surface area is 522 Å². The van der Waals surface area contributed by atoms with E-state index in [1.807, 2.05) is 103 Å². The molecule has 9 rings (SSSR count). The van der Waals surface area contributed by atoms with Crippen molar-refractivity contribution in [3.8, 4) is 0 Å². The maximum atomic E-state index is 12.5. The summed E-state index contributed by atoms with van der Waals surface area (Å²) in [5, 5.41) is 3.47. The number of nitrogens with zero attached hydrogens (tertiary/aromatic N) is 2. The van der Waals surface area contributed by atoms with Gasteiger partial charge in [-0.25, -0.2) is 9.59 Å². The molecule has 0 saturated carbocycles. The van der Waals surface area contributed by atoms with Crippen LogP contribution in [-0.4, -0.2) is 115 Å². The van der Waals surface area contributed by atoms with Gasteiger partial charge in [-0.05, 0) is 213 Å². The molecule has 3 fully saturated rings. The molecule has 3 aliphatic carbocycles. The summed E-state index contributed by atoms with van der Waals surface area (Å²) in [6, 6.07) is 19.0. The molecule has 3 aromatic carbocycles. The lowest BCUT2D eigenvalue weighted by atomic mass is 9.72. The Balaban J connectivity index is 0.000000194. The van der Waals surface area contributed by atoms with Gasteiger partial charge in [0.2, 0.25) is 0 Å². The van der Waals surface area contributed by atoms with Gasteiger partial charge in [-0.15, -0.1) is 0 Å². The van der Waals surface area contributed by atoms with Crippen LogP contribution in [0.5, 0.6) is 0 Å². The Morgan fingerprint density at radius 3 is 1.27 bits per heavy atom. The van der Waals surface area contributed by atoms with Crippen molar-refractivity contribution in [3.05, 3.63) is 101 Å². The van der Waals surface area contributed by atoms with Crippen molar-refractivity contribution in [1.29, 1.82) is 0 Å². The first kappa shape index (κ1) is 66.9. The molecular formula is C64H89Br3IN3O10. The predicted molar refractivity (Wildman–Crippen MR) is 339 cm³/mol. The number of amides is 2. The van der Waals surface area contributed by atoms with Gasteiger partial charge >= 0.3 is 30.1 Å². The lowest BCUT2D eigenvalue weighted by Crippen LogP contribution is -2.46. The van der Waals surface area contributed by atoms with Crippen molar-refractivity contribution in [3.63, 3.8) is 0 Å². The van der Waals surface area contributed by atoms with Gasteiger partial charge in [0.25, 0.3) is 0 Å². The molecule has 3 heterocycles. The molecule has 0 radical (unpaired) electrons. The van der Waals surface area contributed by atoms with E-state index in [0.29, 0.717) is 52.4 Å². The summed E-state index contributed by atoms with van der Waals surface area (Å²) in [5.41, 5.74) is 7.10. The van der Waals surface area contributed by atoms with Gasteiger partial charge in [-0.3, -0.25) is 14.4 Å². The molecule has 2 amide bonds. The molecule has 3 aromatic rings. The van der Waals surface area contributed by atoms with Gasteiger partial charge in [0.15, 0.2) is 0 Å². The van der Waals surface area contributed by atoms with Crippen molar-refractivity contribution in [2.45, 2.75) is 186 Å². The third-order valence-corrected chi connectivity index (χ3v) is 19.4. The number of alkyl halides is 1. The molecule has 81 heavy (non-hydrogen) atoms. The number of hydrogen-bond acceptors (Lipinski definition) is 11. The lowest BCUT2D eigenvalue weighted by Gasteiger charge is -2.41. The van der Waals surface area contributed by atoms with Crippen LogP contribution in [0.1, 0.15) is 192 Å². The van der Waals surface area contributed by atoms with Gasteiger partial charge in [0.05, 0.1) is 38.1 Å². The number of rotatable bonds is 9. The number of fused-ring (bicyclic) bond motifs is 6. The molecule has 5 unspecified atom stereocenters. The average Bonchev–Trinajstić information content (AvgIpc) is 4.04. The van der Waals surface area contributed by atoms with Crippen LogP contribution >= 0.6 is 70.4 Å². The number of ether oxygens (including phenoxy) is 5. The fourth-order valence-corrected chi connectivity index (χ4v) is 16.1. The van der Waals surface area contributed by atoms with Gasteiger partial charge in [0.1, 0.15) is 11.2 Å². The minimum atomic E-state index is -0.491. The Morgan fingerprint density at radius 2 is 0.901 bits per heavy atom. The highest BCUT2D eigenvalue weighted by Gasteiger charge is 2.52. The first-order valence-corrected chi connectivity index (χ1v) is 33.8. The Bertz CT molecular complexity index is 2670. The molecule has 5 atom stereocenters. The van der Waals surface area contributed by atoms with Crippen LogP contribution in [0.15, 0.2) is 68.0 Å². The van der Waals surface area contributed by atoms with Crippen LogP contribution in [0.3, 0.4) is 0 Å². The Morgan fingerprint density at radius 1 is 0.556 bits per heavy atom. The van der Waals surface area contributed by atoms with E-state index in [-0.39, 0.29) is 75.9 Å². The van der Waals surface area contributed by atoms with Gasteiger partial charge in [-0.2, -0.15) is 0 Å². The van der Waals surface area contributed by atoms with E-state index in [1.54, 1.807) is 0 Å². The zero-order chi connectivity index (χ0) is 59.7. The second-order valence-corrected chi connectivity index (χ2v) is 27.3. The molecule has 448 valence electrons. The first-order chi connectivity index (χ1) is 38.3. The van der Waals surface area contributed by atoms with Crippen LogP contribution in [0.25, 0.3) is 0 Å². The topological polar surface area (TPSA) is 150 Å². The van der Waals surface area contributed by atoms with E-state index in [0.717, 1.165) is 79.8 Å². The van der Waals surface area contributed by atoms with Crippen LogP contribution in [0, 0.1) is 11.8 Å². The fourth-order valence-electron chi connectivity index (χ4n) is 13.7. The van der Waals surface area contributed by atoms with Gasteiger partial charge in [0, 0.05) is 50.4 Å². The number of piperidine rings is 3. The summed E-state index contributed by atoms with van der Waals surface area (Å²) in [4.78, 5) is 67.4. The minimum Gasteiger partial charge on any atom is -0.466 e. The van der Waals surface area contributed by atoms with E-state index < -0.39 is 11.2 Å². The molecule has 3 aliphatic heterocycles. The van der Waals surface area contributed by atoms with Crippen LogP contribution in [0.2, 0.25) is 0 Å². The number of benzene rings is 3. The highest BCUT2D eigenvalue weighted by atomic mass is 127. The number of halogens is 4. The van der Waals surface area contributed by atoms with E-state index in [1.165, 1.54) is 37.9 Å². The van der Waals surface area contributed by atoms with Crippen molar-refractivity contribution in [2.75, 3.05) is 64.0 Å². The van der Waals surface area contributed by atoms with Crippen molar-refractivity contribution < 1.29 is 47.7 Å². The van der Waals surface area contributed by atoms with Gasteiger partial charge in [-0.1, -0.05) is 121 Å². The molecule has 0 bridgehead atoms. The monoisotopic (exact) mass is 1420 g/mol. The largest absolute Gasteiger partial charge is 0.466 e. The quantitative estimate of drug-likeness (QED) is 0.0944. The summed E-state index contributed by atoms with van der Waals surface area (Å²) in [6.07, 6.45) is 8.61. The van der Waals surface area contributed by atoms with E-state index in [2.05, 4.69) is 118 Å². The van der Waals surface area contributed by atoms with Crippen LogP contribution < -0.4 is 5.32 Å². The summed E-state index contributed by atoms with van der Waals surface area (Å²) >= 11 is 13.4. The van der Waals surface area contributed by atoms with E-state index in [4.69, 9.17) is 23.7 Å². The van der Waals surface area contributed by atoms with E-state index in [9.17, 15) is 24.0 Å². The van der Waals surface area contributed by atoms with Crippen molar-refractivity contribution >= 4 is 100 Å². The molecule has 0 aromatic heterocycles. The van der Waals surface area contributed by atoms with Gasteiger partial charge < -0.3 is 38.8 Å². The van der Waals surface area contributed by atoms with Crippen molar-refractivity contribution in [1.82, 2.24) is 15.1 Å². The number of esters is 3. The summed E-state index contributed by atoms with van der Waals surface area (Å²) < 4.78 is 30.3. The zero-order valence-electron chi connectivity index (χ0n) is 50.0. The number of likely N-dealkylation sites (tertiary alicyclic amines) is 2. The van der Waals surface area contributed by atoms with E-state index >= 15 is 0 Å². The Kier molecular flexibility index (Phi) is 23.7. The SMILES string of the molecule is CCOC(=O)C(C)C1CC2(CCN(C(=O)OC(C)(C)C)CC2)c2c(Br)cccc21.CCOC(=O)C(C)C1CC2(CCNCC2)c2c(Br)cccc21.CCOC(=O)CC1CC2(CCN(C(=O)OC(C)(C)C)CC2)c2c(Br)cccc21.CI. The predicted octanol–water partition coefficient (Wildman–Crippen LogP) is 15.4.